The zero-order chi connectivity index (χ0) is 22.8. The van der Waals surface area contributed by atoms with Crippen LogP contribution < -0.4 is 5.84 Å². The van der Waals surface area contributed by atoms with E-state index in [0.717, 1.165) is 29.4 Å². The maximum Gasteiger partial charge on any atom is 0.391 e. The second-order valence-electron chi connectivity index (χ2n) is 10.8. The smallest absolute Gasteiger partial charge is 0.300 e. The van der Waals surface area contributed by atoms with Crippen LogP contribution in [-0.2, 0) is 10.8 Å². The Kier molecular flexibility index (Phi) is 8.53. The van der Waals surface area contributed by atoms with E-state index in [1.54, 1.807) is 6.92 Å². The van der Waals surface area contributed by atoms with E-state index < -0.39 is 22.9 Å². The van der Waals surface area contributed by atoms with Crippen LogP contribution >= 0.6 is 0 Å². The number of rotatable bonds is 6. The molecular formula is C23H42F3N3OS. The minimum absolute atomic E-state index is 0.0781. The van der Waals surface area contributed by atoms with Gasteiger partial charge in [0, 0.05) is 47.5 Å². The number of hydrazine groups is 1. The summed E-state index contributed by atoms with van der Waals surface area (Å²) in [6, 6.07) is 0.978. The molecule has 2 aliphatic heterocycles. The van der Waals surface area contributed by atoms with E-state index in [4.69, 9.17) is 5.84 Å². The fraction of sp³-hybridized carbons (Fsp3) is 1.00. The molecule has 4 unspecified atom stereocenters. The summed E-state index contributed by atoms with van der Waals surface area (Å²) in [6.07, 6.45) is 4.51. The number of alkyl halides is 3. The quantitative estimate of drug-likeness (QED) is 0.461. The molecule has 4 fully saturated rings. The first kappa shape index (κ1) is 25.4. The van der Waals surface area contributed by atoms with Crippen molar-refractivity contribution in [2.45, 2.75) is 90.4 Å². The third-order valence-corrected chi connectivity index (χ3v) is 9.70. The van der Waals surface area contributed by atoms with Crippen LogP contribution in [0.25, 0.3) is 0 Å². The molecule has 2 saturated heterocycles. The first-order valence-corrected chi connectivity index (χ1v) is 13.7. The molecule has 0 radical (unpaired) electrons. The summed E-state index contributed by atoms with van der Waals surface area (Å²) in [4.78, 5) is 2.78. The number of piperidine rings is 1. The Balaban J connectivity index is 0.000000181. The summed E-state index contributed by atoms with van der Waals surface area (Å²) in [5.74, 6) is 8.46. The molecule has 0 aromatic heterocycles. The van der Waals surface area contributed by atoms with Gasteiger partial charge in [-0.05, 0) is 89.0 Å². The van der Waals surface area contributed by atoms with Crippen molar-refractivity contribution in [2.24, 2.45) is 29.0 Å². The van der Waals surface area contributed by atoms with Gasteiger partial charge in [0.15, 0.2) is 0 Å². The highest BCUT2D eigenvalue weighted by molar-refractivity contribution is 7.85. The van der Waals surface area contributed by atoms with Gasteiger partial charge in [-0.1, -0.05) is 6.92 Å². The third-order valence-electron chi connectivity index (χ3n) is 8.11. The van der Waals surface area contributed by atoms with Gasteiger partial charge in [0.25, 0.3) is 0 Å². The molecule has 2 heterocycles. The minimum atomic E-state index is -4.09. The lowest BCUT2D eigenvalue weighted by molar-refractivity contribution is -0.178. The van der Waals surface area contributed by atoms with Crippen LogP contribution in [0.4, 0.5) is 13.2 Å². The van der Waals surface area contributed by atoms with Crippen LogP contribution in [0, 0.1) is 23.2 Å². The molecule has 182 valence electrons. The van der Waals surface area contributed by atoms with Crippen LogP contribution in [0.1, 0.15) is 72.1 Å². The van der Waals surface area contributed by atoms with E-state index in [1.165, 1.54) is 56.6 Å². The molecule has 1 spiro atoms. The highest BCUT2D eigenvalue weighted by atomic mass is 32.2. The average Bonchev–Trinajstić information content (AvgIpc) is 3.14. The van der Waals surface area contributed by atoms with Crippen LogP contribution in [0.15, 0.2) is 0 Å². The predicted octanol–water partition coefficient (Wildman–Crippen LogP) is 4.57. The first-order chi connectivity index (χ1) is 14.5. The number of halogens is 3. The molecule has 2 saturated carbocycles. The van der Waals surface area contributed by atoms with Crippen molar-refractivity contribution in [3.63, 3.8) is 0 Å². The molecule has 4 aliphatic rings. The molecule has 31 heavy (non-hydrogen) atoms. The summed E-state index contributed by atoms with van der Waals surface area (Å²) in [6.45, 7) is 8.13. The summed E-state index contributed by atoms with van der Waals surface area (Å²) >= 11 is 0. The van der Waals surface area contributed by atoms with Gasteiger partial charge in [-0.2, -0.15) is 13.2 Å². The summed E-state index contributed by atoms with van der Waals surface area (Å²) in [5, 5.41) is 1.44. The Morgan fingerprint density at radius 2 is 1.87 bits per heavy atom. The molecule has 8 heteroatoms. The van der Waals surface area contributed by atoms with E-state index in [-0.39, 0.29) is 25.4 Å². The molecule has 5 atom stereocenters. The minimum Gasteiger partial charge on any atom is -0.300 e. The van der Waals surface area contributed by atoms with E-state index in [9.17, 15) is 17.4 Å². The number of likely N-dealkylation sites (tertiary alicyclic amines) is 1. The summed E-state index contributed by atoms with van der Waals surface area (Å²) < 4.78 is 48.6. The standard InChI is InChI=1S/C14H23NOS.C9H19F3N2/c16-17-5-3-14(10-17)2-1-4-15(9-14)13-7-11-6-12(11)8-13;1-4-8(9(10,11)12)5-6-14(13)7(2)3/h11-13H,1-10H2;7-8H,4-6,13H2,1-3H3/t11?,12?,13?,14-,17?;/m1./s1. The molecule has 0 amide bonds. The van der Waals surface area contributed by atoms with Crippen LogP contribution in [0.5, 0.6) is 0 Å². The molecule has 0 bridgehead atoms. The third kappa shape index (κ3) is 6.90. The predicted molar refractivity (Wildman–Crippen MR) is 121 cm³/mol. The normalized spacial score (nSPS) is 36.5. The zero-order valence-corrected chi connectivity index (χ0v) is 20.3. The van der Waals surface area contributed by atoms with Crippen LogP contribution in [0.3, 0.4) is 0 Å². The van der Waals surface area contributed by atoms with Gasteiger partial charge in [0.2, 0.25) is 0 Å². The van der Waals surface area contributed by atoms with Crippen molar-refractivity contribution in [3.8, 4) is 0 Å². The van der Waals surface area contributed by atoms with Crippen molar-refractivity contribution < 1.29 is 17.4 Å². The summed E-state index contributed by atoms with van der Waals surface area (Å²) in [7, 11) is -0.501. The van der Waals surface area contributed by atoms with Gasteiger partial charge < -0.3 is 0 Å². The molecule has 0 aromatic carbocycles. The van der Waals surface area contributed by atoms with Crippen molar-refractivity contribution in [1.82, 2.24) is 9.91 Å². The lowest BCUT2D eigenvalue weighted by Crippen LogP contribution is -2.48. The van der Waals surface area contributed by atoms with Crippen LogP contribution in [-0.4, -0.2) is 63.5 Å². The number of hydrogen-bond donors (Lipinski definition) is 1. The van der Waals surface area contributed by atoms with E-state index >= 15 is 0 Å². The Morgan fingerprint density at radius 1 is 1.19 bits per heavy atom. The largest absolute Gasteiger partial charge is 0.391 e. The molecule has 4 rings (SSSR count). The second-order valence-corrected chi connectivity index (χ2v) is 12.3. The Hall–Kier alpha value is -0.180. The van der Waals surface area contributed by atoms with Crippen molar-refractivity contribution in [2.75, 3.05) is 31.1 Å². The Labute approximate surface area is 188 Å². The average molecular weight is 466 g/mol. The van der Waals surface area contributed by atoms with Gasteiger partial charge in [-0.15, -0.1) is 0 Å². The summed E-state index contributed by atoms with van der Waals surface area (Å²) in [5.41, 5.74) is 0.454. The van der Waals surface area contributed by atoms with E-state index in [2.05, 4.69) is 4.90 Å². The Bertz CT molecular complexity index is 607. The highest BCUT2D eigenvalue weighted by Crippen LogP contribution is 2.54. The van der Waals surface area contributed by atoms with Gasteiger partial charge >= 0.3 is 6.18 Å². The monoisotopic (exact) mass is 465 g/mol. The lowest BCUT2D eigenvalue weighted by atomic mass is 9.79. The highest BCUT2D eigenvalue weighted by Gasteiger charge is 2.50. The van der Waals surface area contributed by atoms with E-state index in [1.807, 2.05) is 13.8 Å². The fourth-order valence-electron chi connectivity index (χ4n) is 5.84. The van der Waals surface area contributed by atoms with Gasteiger partial charge in [-0.3, -0.25) is 15.0 Å². The molecule has 0 aromatic rings. The number of hydrogen-bond acceptors (Lipinski definition) is 4. The lowest BCUT2D eigenvalue weighted by Gasteiger charge is -2.43. The fourth-order valence-corrected chi connectivity index (χ4v) is 7.71. The van der Waals surface area contributed by atoms with Gasteiger partial charge in [0.05, 0.1) is 5.92 Å². The maximum atomic E-state index is 12.3. The van der Waals surface area contributed by atoms with Crippen molar-refractivity contribution >= 4 is 10.8 Å². The number of nitrogens with two attached hydrogens (primary N) is 1. The topological polar surface area (TPSA) is 49.6 Å². The first-order valence-electron chi connectivity index (χ1n) is 12.2. The molecule has 2 N–H and O–H groups in total. The zero-order valence-electron chi connectivity index (χ0n) is 19.5. The molecule has 2 aliphatic carbocycles. The van der Waals surface area contributed by atoms with Crippen molar-refractivity contribution in [3.05, 3.63) is 0 Å². The molecular weight excluding hydrogens is 423 g/mol. The SMILES string of the molecule is CCC(CCN(N)C(C)C)C(F)(F)F.O=S1CC[C@@]2(CCCN(C3CC4CC4C3)C2)C1. The van der Waals surface area contributed by atoms with Gasteiger partial charge in [0.1, 0.15) is 0 Å². The maximum absolute atomic E-state index is 12.3. The van der Waals surface area contributed by atoms with Crippen LogP contribution in [0.2, 0.25) is 0 Å². The molecule has 4 nitrogen and oxygen atoms in total. The van der Waals surface area contributed by atoms with E-state index in [0.29, 0.717) is 5.41 Å². The van der Waals surface area contributed by atoms with Crippen molar-refractivity contribution in [1.29, 1.82) is 0 Å². The number of nitrogens with zero attached hydrogens (tertiary/aromatic N) is 2. The van der Waals surface area contributed by atoms with Gasteiger partial charge in [-0.25, -0.2) is 5.01 Å². The number of fused-ring (bicyclic) bond motifs is 1. The second kappa shape index (κ2) is 10.4. The Morgan fingerprint density at radius 3 is 2.39 bits per heavy atom.